The molecule has 0 heterocycles. The standard InChI is InChI=1S/C44H30N2O4/c1-45(2)38-20-24-42-35(28-38)14-12-33-26-30(10-22-40(33)42)6-4-8-44(48)36-17-23-41-34(27-36)13-11-32-25-29(9-21-39(32)41)5-3-7-43(47)31-15-18-37(19-16-31)46(49)50/h9-28H,7-8H2,1-2H3. The SMILES string of the molecule is CN(C)c1ccc2c(ccc3cc(C#CCC(=O)c4ccc5c(ccc6cc(C#CCC(=O)c7ccc([N+](=O)[O-])cc7)ccc65)c4)ccc32)c1. The van der Waals surface area contributed by atoms with Crippen molar-refractivity contribution in [3.05, 3.63) is 154 Å². The molecule has 0 saturated carbocycles. The summed E-state index contributed by atoms with van der Waals surface area (Å²) < 4.78 is 0. The van der Waals surface area contributed by atoms with Gasteiger partial charge in [0.2, 0.25) is 0 Å². The van der Waals surface area contributed by atoms with E-state index in [1.165, 1.54) is 40.4 Å². The van der Waals surface area contributed by atoms with Crippen LogP contribution in [0.25, 0.3) is 43.1 Å². The molecule has 50 heavy (non-hydrogen) atoms. The molecule has 0 radical (unpaired) electrons. The van der Waals surface area contributed by atoms with E-state index in [1.54, 1.807) is 0 Å². The summed E-state index contributed by atoms with van der Waals surface area (Å²) in [6.07, 6.45) is 0.128. The van der Waals surface area contributed by atoms with Gasteiger partial charge in [-0.15, -0.1) is 0 Å². The maximum atomic E-state index is 13.1. The maximum Gasteiger partial charge on any atom is 0.269 e. The number of nitro groups is 1. The Labute approximate surface area is 289 Å². The van der Waals surface area contributed by atoms with E-state index < -0.39 is 4.92 Å². The summed E-state index contributed by atoms with van der Waals surface area (Å²) in [5, 5.41) is 19.6. The molecule has 6 heteroatoms. The molecule has 0 aromatic heterocycles. The van der Waals surface area contributed by atoms with Gasteiger partial charge in [0.15, 0.2) is 11.6 Å². The Bertz CT molecular complexity index is 2650. The monoisotopic (exact) mass is 650 g/mol. The number of benzene rings is 7. The zero-order chi connectivity index (χ0) is 34.8. The largest absolute Gasteiger partial charge is 0.378 e. The fourth-order valence-electron chi connectivity index (χ4n) is 6.16. The van der Waals surface area contributed by atoms with Crippen LogP contribution in [0.1, 0.15) is 44.7 Å². The molecule has 0 unspecified atom stereocenters. The maximum absolute atomic E-state index is 13.1. The highest BCUT2D eigenvalue weighted by Gasteiger charge is 2.10. The molecule has 7 aromatic carbocycles. The lowest BCUT2D eigenvalue weighted by Crippen LogP contribution is -2.07. The van der Waals surface area contributed by atoms with Gasteiger partial charge in [0.05, 0.1) is 17.8 Å². The number of ketones is 2. The first kappa shape index (κ1) is 31.8. The zero-order valence-corrected chi connectivity index (χ0v) is 27.5. The predicted molar refractivity (Wildman–Crippen MR) is 202 cm³/mol. The first-order chi connectivity index (χ1) is 24.2. The Hall–Kier alpha value is -6.76. The van der Waals surface area contributed by atoms with Gasteiger partial charge in [-0.1, -0.05) is 78.3 Å². The molecule has 240 valence electrons. The average Bonchev–Trinajstić information content (AvgIpc) is 3.13. The first-order valence-electron chi connectivity index (χ1n) is 16.1. The van der Waals surface area contributed by atoms with Crippen molar-refractivity contribution in [3.63, 3.8) is 0 Å². The van der Waals surface area contributed by atoms with Gasteiger partial charge in [-0.05, 0) is 97.7 Å². The van der Waals surface area contributed by atoms with Crippen LogP contribution >= 0.6 is 0 Å². The van der Waals surface area contributed by atoms with Gasteiger partial charge in [0.25, 0.3) is 5.69 Å². The summed E-state index contributed by atoms with van der Waals surface area (Å²) in [6, 6.07) is 38.1. The van der Waals surface area contributed by atoms with Gasteiger partial charge < -0.3 is 4.90 Å². The van der Waals surface area contributed by atoms with Gasteiger partial charge >= 0.3 is 0 Å². The zero-order valence-electron chi connectivity index (χ0n) is 27.5. The van der Waals surface area contributed by atoms with Gasteiger partial charge in [-0.25, -0.2) is 0 Å². The molecule has 0 atom stereocenters. The number of carbonyl (C=O) groups excluding carboxylic acids is 2. The number of hydrogen-bond acceptors (Lipinski definition) is 5. The van der Waals surface area contributed by atoms with Crippen LogP contribution < -0.4 is 4.90 Å². The second-order valence-electron chi connectivity index (χ2n) is 12.3. The van der Waals surface area contributed by atoms with E-state index in [-0.39, 0.29) is 30.1 Å². The third kappa shape index (κ3) is 6.52. The summed E-state index contributed by atoms with van der Waals surface area (Å²) in [6.45, 7) is 0. The van der Waals surface area contributed by atoms with Crippen molar-refractivity contribution in [2.75, 3.05) is 19.0 Å². The summed E-state index contributed by atoms with van der Waals surface area (Å²) in [7, 11) is 4.08. The van der Waals surface area contributed by atoms with Gasteiger partial charge in [0.1, 0.15) is 0 Å². The van der Waals surface area contributed by atoms with E-state index >= 15 is 0 Å². The van der Waals surface area contributed by atoms with E-state index in [0.717, 1.165) is 43.7 Å². The molecule has 0 saturated heterocycles. The van der Waals surface area contributed by atoms with Crippen molar-refractivity contribution >= 4 is 66.0 Å². The molecular formula is C44H30N2O4. The fourth-order valence-corrected chi connectivity index (χ4v) is 6.16. The number of carbonyl (C=O) groups is 2. The molecule has 0 aliphatic heterocycles. The Balaban J connectivity index is 1.03. The van der Waals surface area contributed by atoms with Crippen molar-refractivity contribution in [1.29, 1.82) is 0 Å². The van der Waals surface area contributed by atoms with Crippen LogP contribution in [0, 0.1) is 33.8 Å². The third-order valence-electron chi connectivity index (χ3n) is 8.86. The minimum Gasteiger partial charge on any atom is -0.378 e. The minimum absolute atomic E-state index is 0.00653. The molecule has 6 nitrogen and oxygen atoms in total. The third-order valence-corrected chi connectivity index (χ3v) is 8.86. The number of fused-ring (bicyclic) bond motifs is 6. The normalized spacial score (nSPS) is 10.8. The summed E-state index contributed by atoms with van der Waals surface area (Å²) in [4.78, 5) is 38.0. The average molecular weight is 651 g/mol. The van der Waals surface area contributed by atoms with Gasteiger partial charge in [0, 0.05) is 54.2 Å². The van der Waals surface area contributed by atoms with E-state index in [1.807, 2.05) is 68.7 Å². The van der Waals surface area contributed by atoms with Crippen molar-refractivity contribution in [3.8, 4) is 23.7 Å². The second kappa shape index (κ2) is 13.4. The number of rotatable bonds is 6. The minimum atomic E-state index is -0.499. The lowest BCUT2D eigenvalue weighted by atomic mass is 9.97. The highest BCUT2D eigenvalue weighted by Crippen LogP contribution is 2.30. The van der Waals surface area contributed by atoms with Crippen LogP contribution in [0.2, 0.25) is 0 Å². The smallest absolute Gasteiger partial charge is 0.269 e. The Morgan fingerprint density at radius 2 is 1.00 bits per heavy atom. The second-order valence-corrected chi connectivity index (χ2v) is 12.3. The van der Waals surface area contributed by atoms with E-state index in [9.17, 15) is 19.7 Å². The van der Waals surface area contributed by atoms with Crippen molar-refractivity contribution in [2.45, 2.75) is 12.8 Å². The highest BCUT2D eigenvalue weighted by molar-refractivity contribution is 6.11. The molecule has 7 aromatic rings. The van der Waals surface area contributed by atoms with Crippen LogP contribution in [0.4, 0.5) is 11.4 Å². The Kier molecular flexibility index (Phi) is 8.52. The fraction of sp³-hybridized carbons (Fsp3) is 0.0909. The van der Waals surface area contributed by atoms with Crippen LogP contribution in [-0.4, -0.2) is 30.6 Å². The van der Waals surface area contributed by atoms with Crippen molar-refractivity contribution in [1.82, 2.24) is 0 Å². The first-order valence-corrected chi connectivity index (χ1v) is 16.1. The summed E-state index contributed by atoms with van der Waals surface area (Å²) in [5.41, 5.74) is 3.76. The number of non-ortho nitro benzene ring substituents is 1. The molecule has 0 spiro atoms. The predicted octanol–water partition coefficient (Wildman–Crippen LogP) is 9.52. The molecule has 0 aliphatic rings. The summed E-state index contributed by atoms with van der Waals surface area (Å²) in [5.74, 6) is 12.0. The van der Waals surface area contributed by atoms with Crippen LogP contribution in [0.3, 0.4) is 0 Å². The van der Waals surface area contributed by atoms with Gasteiger partial charge in [-0.2, -0.15) is 0 Å². The Morgan fingerprint density at radius 3 is 1.52 bits per heavy atom. The Morgan fingerprint density at radius 1 is 0.560 bits per heavy atom. The quantitative estimate of drug-likeness (QED) is 0.0589. The van der Waals surface area contributed by atoms with E-state index in [2.05, 4.69) is 71.0 Å². The van der Waals surface area contributed by atoms with E-state index in [0.29, 0.717) is 11.1 Å². The van der Waals surface area contributed by atoms with Gasteiger partial charge in [-0.3, -0.25) is 19.7 Å². The van der Waals surface area contributed by atoms with E-state index in [4.69, 9.17) is 0 Å². The number of anilines is 1. The molecule has 0 N–H and O–H groups in total. The lowest BCUT2D eigenvalue weighted by Gasteiger charge is -2.13. The number of nitrogens with zero attached hydrogens (tertiary/aromatic N) is 2. The number of hydrogen-bond donors (Lipinski definition) is 0. The van der Waals surface area contributed by atoms with Crippen molar-refractivity contribution < 1.29 is 14.5 Å². The van der Waals surface area contributed by atoms with Crippen LogP contribution in [0.15, 0.2) is 121 Å². The molecule has 0 aliphatic carbocycles. The topological polar surface area (TPSA) is 80.5 Å². The van der Waals surface area contributed by atoms with Crippen LogP contribution in [0.5, 0.6) is 0 Å². The number of Topliss-reactive ketones (excluding diaryl/α,β-unsaturated/α-hetero) is 2. The lowest BCUT2D eigenvalue weighted by molar-refractivity contribution is -0.384. The number of nitro benzene ring substituents is 1. The molecular weight excluding hydrogens is 620 g/mol. The highest BCUT2D eigenvalue weighted by atomic mass is 16.6. The molecule has 0 amide bonds. The molecule has 7 rings (SSSR count). The summed E-state index contributed by atoms with van der Waals surface area (Å²) >= 11 is 0. The van der Waals surface area contributed by atoms with Crippen LogP contribution in [-0.2, 0) is 0 Å². The van der Waals surface area contributed by atoms with Crippen molar-refractivity contribution in [2.24, 2.45) is 0 Å². The molecule has 0 bridgehead atoms. The molecule has 0 fully saturated rings.